The summed E-state index contributed by atoms with van der Waals surface area (Å²) >= 11 is 3.35. The fourth-order valence-corrected chi connectivity index (χ4v) is 1.24. The first-order valence-corrected chi connectivity index (χ1v) is 4.43. The summed E-state index contributed by atoms with van der Waals surface area (Å²) in [5.74, 6) is 0. The molecule has 0 saturated heterocycles. The van der Waals surface area contributed by atoms with Gasteiger partial charge < -0.3 is 11.1 Å². The topological polar surface area (TPSA) is 38.0 Å². The molecule has 0 aliphatic rings. The van der Waals surface area contributed by atoms with E-state index in [9.17, 15) is 0 Å². The van der Waals surface area contributed by atoms with Crippen LogP contribution in [0.15, 0.2) is 35.3 Å². The van der Waals surface area contributed by atoms with E-state index in [1.54, 1.807) is 6.08 Å². The number of nitrogen functional groups attached to an aromatic ring is 1. The van der Waals surface area contributed by atoms with Gasteiger partial charge in [0.05, 0.1) is 11.4 Å². The Morgan fingerprint density at radius 2 is 2.33 bits per heavy atom. The van der Waals surface area contributed by atoms with Crippen LogP contribution in [-0.2, 0) is 0 Å². The van der Waals surface area contributed by atoms with Crippen molar-refractivity contribution >= 4 is 27.3 Å². The first-order valence-electron chi connectivity index (χ1n) is 3.64. The molecular weight excluding hydrogens is 216 g/mol. The van der Waals surface area contributed by atoms with Gasteiger partial charge in [0.1, 0.15) is 0 Å². The van der Waals surface area contributed by atoms with Crippen LogP contribution in [0.4, 0.5) is 11.4 Å². The normalized spacial score (nSPS) is 9.42. The molecule has 0 saturated carbocycles. The fourth-order valence-electron chi connectivity index (χ4n) is 0.873. The number of halogens is 1. The maximum atomic E-state index is 5.78. The summed E-state index contributed by atoms with van der Waals surface area (Å²) in [6.07, 6.45) is 1.79. The molecule has 0 atom stereocenters. The zero-order valence-corrected chi connectivity index (χ0v) is 8.26. The maximum Gasteiger partial charge on any atom is 0.0694 e. The Kier molecular flexibility index (Phi) is 3.17. The van der Waals surface area contributed by atoms with Gasteiger partial charge in [-0.1, -0.05) is 12.1 Å². The first-order chi connectivity index (χ1) is 5.75. The fraction of sp³-hybridized carbons (Fsp3) is 0.111. The largest absolute Gasteiger partial charge is 0.396 e. The van der Waals surface area contributed by atoms with E-state index in [4.69, 9.17) is 5.73 Å². The van der Waals surface area contributed by atoms with Crippen LogP contribution >= 0.6 is 15.9 Å². The quantitative estimate of drug-likeness (QED) is 0.615. The molecule has 64 valence electrons. The van der Waals surface area contributed by atoms with E-state index >= 15 is 0 Å². The third kappa shape index (κ3) is 2.01. The van der Waals surface area contributed by atoms with Crippen molar-refractivity contribution in [2.75, 3.05) is 17.6 Å². The van der Waals surface area contributed by atoms with Gasteiger partial charge in [-0.3, -0.25) is 0 Å². The average Bonchev–Trinajstić information content (AvgIpc) is 2.08. The van der Waals surface area contributed by atoms with Gasteiger partial charge >= 0.3 is 0 Å². The van der Waals surface area contributed by atoms with Gasteiger partial charge in [0, 0.05) is 11.0 Å². The van der Waals surface area contributed by atoms with E-state index in [1.807, 2.05) is 18.2 Å². The molecule has 0 heterocycles. The summed E-state index contributed by atoms with van der Waals surface area (Å²) in [7, 11) is 0. The van der Waals surface area contributed by atoms with Crippen LogP contribution in [0.25, 0.3) is 0 Å². The van der Waals surface area contributed by atoms with E-state index in [2.05, 4.69) is 27.8 Å². The molecule has 0 aromatic heterocycles. The Hall–Kier alpha value is -0.960. The monoisotopic (exact) mass is 226 g/mol. The highest BCUT2D eigenvalue weighted by Gasteiger charge is 1.99. The number of benzene rings is 1. The van der Waals surface area contributed by atoms with E-state index in [0.717, 1.165) is 22.4 Å². The lowest BCUT2D eigenvalue weighted by Crippen LogP contribution is -2.01. The molecular formula is C9H11BrN2. The smallest absolute Gasteiger partial charge is 0.0694 e. The first kappa shape index (κ1) is 9.13. The van der Waals surface area contributed by atoms with Crippen LogP contribution in [-0.4, -0.2) is 6.54 Å². The molecule has 1 rings (SSSR count). The summed E-state index contributed by atoms with van der Waals surface area (Å²) in [6.45, 7) is 4.34. The van der Waals surface area contributed by atoms with Crippen LogP contribution in [0.5, 0.6) is 0 Å². The molecule has 0 radical (unpaired) electrons. The summed E-state index contributed by atoms with van der Waals surface area (Å²) < 4.78 is 0.913. The summed E-state index contributed by atoms with van der Waals surface area (Å²) in [4.78, 5) is 0. The van der Waals surface area contributed by atoms with Gasteiger partial charge in [0.15, 0.2) is 0 Å². The Morgan fingerprint density at radius 3 is 3.00 bits per heavy atom. The van der Waals surface area contributed by atoms with Crippen LogP contribution < -0.4 is 11.1 Å². The number of nitrogens with one attached hydrogen (secondary N) is 1. The number of hydrogen-bond acceptors (Lipinski definition) is 2. The highest BCUT2D eigenvalue weighted by Crippen LogP contribution is 2.26. The van der Waals surface area contributed by atoms with E-state index < -0.39 is 0 Å². The Morgan fingerprint density at radius 1 is 1.58 bits per heavy atom. The molecule has 0 aliphatic heterocycles. The summed E-state index contributed by atoms with van der Waals surface area (Å²) in [5, 5.41) is 3.13. The minimum atomic E-state index is 0.723. The zero-order chi connectivity index (χ0) is 8.97. The predicted molar refractivity (Wildman–Crippen MR) is 57.2 cm³/mol. The molecule has 3 N–H and O–H groups in total. The molecule has 0 amide bonds. The second-order valence-electron chi connectivity index (χ2n) is 2.37. The lowest BCUT2D eigenvalue weighted by molar-refractivity contribution is 1.34. The van der Waals surface area contributed by atoms with Crippen molar-refractivity contribution in [2.45, 2.75) is 0 Å². The van der Waals surface area contributed by atoms with Crippen molar-refractivity contribution < 1.29 is 0 Å². The molecule has 12 heavy (non-hydrogen) atoms. The van der Waals surface area contributed by atoms with Crippen molar-refractivity contribution in [1.29, 1.82) is 0 Å². The minimum absolute atomic E-state index is 0.723. The molecule has 1 aromatic rings. The highest BCUT2D eigenvalue weighted by molar-refractivity contribution is 9.10. The van der Waals surface area contributed by atoms with E-state index in [0.29, 0.717) is 0 Å². The van der Waals surface area contributed by atoms with Gasteiger partial charge in [-0.15, -0.1) is 6.58 Å². The summed E-state index contributed by atoms with van der Waals surface area (Å²) in [6, 6.07) is 5.78. The average molecular weight is 227 g/mol. The van der Waals surface area contributed by atoms with Crippen LogP contribution in [0, 0.1) is 0 Å². The Labute approximate surface area is 80.6 Å². The maximum absolute atomic E-state index is 5.78. The van der Waals surface area contributed by atoms with Gasteiger partial charge in [-0.2, -0.15) is 0 Å². The lowest BCUT2D eigenvalue weighted by atomic mass is 10.3. The number of anilines is 2. The van der Waals surface area contributed by atoms with Gasteiger partial charge in [-0.25, -0.2) is 0 Å². The van der Waals surface area contributed by atoms with Gasteiger partial charge in [0.2, 0.25) is 0 Å². The predicted octanol–water partition coefficient (Wildman–Crippen LogP) is 2.63. The van der Waals surface area contributed by atoms with Crippen LogP contribution in [0.1, 0.15) is 0 Å². The molecule has 1 aromatic carbocycles. The Balaban J connectivity index is 2.84. The molecule has 0 spiro atoms. The lowest BCUT2D eigenvalue weighted by Gasteiger charge is -2.07. The van der Waals surface area contributed by atoms with Crippen molar-refractivity contribution in [2.24, 2.45) is 0 Å². The second kappa shape index (κ2) is 4.16. The second-order valence-corrected chi connectivity index (χ2v) is 3.22. The standard InChI is InChI=1S/C9H11BrN2/c1-2-6-12-8-5-3-4-7(10)9(8)11/h2-5,12H,1,6,11H2. The molecule has 3 heteroatoms. The minimum Gasteiger partial charge on any atom is -0.396 e. The van der Waals surface area contributed by atoms with Crippen molar-refractivity contribution in [3.05, 3.63) is 35.3 Å². The SMILES string of the molecule is C=CCNc1cccc(Br)c1N. The number of nitrogens with two attached hydrogens (primary N) is 1. The van der Waals surface area contributed by atoms with Gasteiger partial charge in [0.25, 0.3) is 0 Å². The third-order valence-electron chi connectivity index (χ3n) is 1.49. The zero-order valence-electron chi connectivity index (χ0n) is 6.68. The molecule has 0 bridgehead atoms. The number of rotatable bonds is 3. The highest BCUT2D eigenvalue weighted by atomic mass is 79.9. The third-order valence-corrected chi connectivity index (χ3v) is 2.18. The molecule has 0 fully saturated rings. The van der Waals surface area contributed by atoms with E-state index in [1.165, 1.54) is 0 Å². The Bertz CT molecular complexity index is 284. The number of hydrogen-bond donors (Lipinski definition) is 2. The molecule has 2 nitrogen and oxygen atoms in total. The van der Waals surface area contributed by atoms with Gasteiger partial charge in [-0.05, 0) is 28.1 Å². The molecule has 0 aliphatic carbocycles. The van der Waals surface area contributed by atoms with Crippen LogP contribution in [0.3, 0.4) is 0 Å². The van der Waals surface area contributed by atoms with Crippen molar-refractivity contribution in [3.8, 4) is 0 Å². The van der Waals surface area contributed by atoms with Crippen LogP contribution in [0.2, 0.25) is 0 Å². The molecule has 0 unspecified atom stereocenters. The van der Waals surface area contributed by atoms with E-state index in [-0.39, 0.29) is 0 Å². The van der Waals surface area contributed by atoms with Crippen molar-refractivity contribution in [1.82, 2.24) is 0 Å². The number of para-hydroxylation sites is 1. The van der Waals surface area contributed by atoms with Crippen molar-refractivity contribution in [3.63, 3.8) is 0 Å². The summed E-state index contributed by atoms with van der Waals surface area (Å²) in [5.41, 5.74) is 7.45.